The molecular weight excluding hydrogens is 175 g/mol. The van der Waals surface area contributed by atoms with Crippen LogP contribution in [0.15, 0.2) is 18.2 Å². The highest BCUT2D eigenvalue weighted by Crippen LogP contribution is 2.10. The van der Waals surface area contributed by atoms with Gasteiger partial charge in [-0.05, 0) is 17.9 Å². The number of ketones is 1. The molecule has 2 nitrogen and oxygen atoms in total. The van der Waals surface area contributed by atoms with Crippen LogP contribution in [0.25, 0.3) is 0 Å². The van der Waals surface area contributed by atoms with E-state index in [2.05, 4.69) is 0 Å². The van der Waals surface area contributed by atoms with Gasteiger partial charge in [-0.25, -0.2) is 0 Å². The molecule has 2 radical (unpaired) electrons. The van der Waals surface area contributed by atoms with Crippen LogP contribution in [0.5, 0.6) is 5.75 Å². The van der Waals surface area contributed by atoms with Gasteiger partial charge in [0.05, 0.1) is 7.11 Å². The normalized spacial score (nSPS) is 9.86. The van der Waals surface area contributed by atoms with Crippen molar-refractivity contribution in [1.29, 1.82) is 0 Å². The highest BCUT2D eigenvalue weighted by molar-refractivity contribution is 6.38. The lowest BCUT2D eigenvalue weighted by atomic mass is 9.87. The van der Waals surface area contributed by atoms with E-state index < -0.39 is 0 Å². The monoisotopic (exact) mass is 188 g/mol. The van der Waals surface area contributed by atoms with Gasteiger partial charge in [-0.15, -0.1) is 0 Å². The topological polar surface area (TPSA) is 26.3 Å². The van der Waals surface area contributed by atoms with E-state index in [-0.39, 0.29) is 5.78 Å². The van der Waals surface area contributed by atoms with Gasteiger partial charge in [0, 0.05) is 12.0 Å². The van der Waals surface area contributed by atoms with Gasteiger partial charge in [0.25, 0.3) is 0 Å². The summed E-state index contributed by atoms with van der Waals surface area (Å²) in [6, 6.07) is 5.26. The maximum atomic E-state index is 11.6. The number of carbonyl (C=O) groups excluding carboxylic acids is 1. The molecule has 72 valence electrons. The molecule has 0 aromatic heterocycles. The van der Waals surface area contributed by atoms with Gasteiger partial charge in [0.2, 0.25) is 0 Å². The minimum Gasteiger partial charge on any atom is -0.497 e. The maximum absolute atomic E-state index is 11.6. The van der Waals surface area contributed by atoms with Crippen LogP contribution in [-0.2, 0) is 0 Å². The Morgan fingerprint density at radius 3 is 2.79 bits per heavy atom. The molecule has 14 heavy (non-hydrogen) atoms. The molecule has 0 aliphatic heterocycles. The summed E-state index contributed by atoms with van der Waals surface area (Å²) in [5.74, 6) is 0.635. The Bertz CT molecular complexity index is 334. The first-order chi connectivity index (χ1) is 6.70. The van der Waals surface area contributed by atoms with E-state index in [9.17, 15) is 4.79 Å². The van der Waals surface area contributed by atoms with Gasteiger partial charge < -0.3 is 4.74 Å². The SMILES string of the molecule is [B]c1c(OC)cccc1C(=O)CCC. The molecule has 0 amide bonds. The van der Waals surface area contributed by atoms with Crippen LogP contribution in [0.4, 0.5) is 0 Å². The molecule has 0 saturated carbocycles. The maximum Gasteiger partial charge on any atom is 0.162 e. The first-order valence-corrected chi connectivity index (χ1v) is 4.66. The summed E-state index contributed by atoms with van der Waals surface area (Å²) in [7, 11) is 7.32. The number of Topliss-reactive ketones (excluding diaryl/α,β-unsaturated/α-hetero) is 1. The van der Waals surface area contributed by atoms with E-state index in [1.54, 1.807) is 25.3 Å². The van der Waals surface area contributed by atoms with Crippen LogP contribution in [0.2, 0.25) is 0 Å². The van der Waals surface area contributed by atoms with Gasteiger partial charge in [0.15, 0.2) is 5.78 Å². The first-order valence-electron chi connectivity index (χ1n) is 4.66. The molecule has 0 saturated heterocycles. The third-order valence-electron chi connectivity index (χ3n) is 2.06. The molecule has 1 aromatic carbocycles. The fourth-order valence-corrected chi connectivity index (χ4v) is 1.33. The van der Waals surface area contributed by atoms with Gasteiger partial charge in [-0.1, -0.05) is 19.1 Å². The molecule has 1 rings (SSSR count). The highest BCUT2D eigenvalue weighted by Gasteiger charge is 2.09. The fraction of sp³-hybridized carbons (Fsp3) is 0.364. The van der Waals surface area contributed by atoms with Crippen molar-refractivity contribution < 1.29 is 9.53 Å². The number of rotatable bonds is 4. The molecule has 0 heterocycles. The van der Waals surface area contributed by atoms with E-state index in [1.807, 2.05) is 6.92 Å². The number of hydrogen-bond donors (Lipinski definition) is 0. The lowest BCUT2D eigenvalue weighted by molar-refractivity contribution is 0.0982. The van der Waals surface area contributed by atoms with E-state index in [0.717, 1.165) is 6.42 Å². The molecule has 0 aliphatic carbocycles. The molecule has 0 N–H and O–H groups in total. The summed E-state index contributed by atoms with van der Waals surface area (Å²) in [5.41, 5.74) is 1.000. The van der Waals surface area contributed by atoms with Crippen LogP contribution in [0.1, 0.15) is 30.1 Å². The average molecular weight is 188 g/mol. The molecule has 0 bridgehead atoms. The van der Waals surface area contributed by atoms with Crippen molar-refractivity contribution in [2.75, 3.05) is 7.11 Å². The molecule has 0 atom stereocenters. The van der Waals surface area contributed by atoms with Crippen LogP contribution in [0.3, 0.4) is 0 Å². The van der Waals surface area contributed by atoms with Crippen molar-refractivity contribution in [2.45, 2.75) is 19.8 Å². The first kappa shape index (κ1) is 10.8. The minimum absolute atomic E-state index is 0.0731. The van der Waals surface area contributed by atoms with Crippen molar-refractivity contribution in [3.8, 4) is 5.75 Å². The number of ether oxygens (including phenoxy) is 1. The van der Waals surface area contributed by atoms with Gasteiger partial charge in [0.1, 0.15) is 13.6 Å². The van der Waals surface area contributed by atoms with Crippen LogP contribution < -0.4 is 10.2 Å². The minimum atomic E-state index is 0.0731. The largest absolute Gasteiger partial charge is 0.497 e. The summed E-state index contributed by atoms with van der Waals surface area (Å²) in [6.45, 7) is 1.97. The Balaban J connectivity index is 3.03. The standard InChI is InChI=1S/C11H13BO2/c1-3-5-9(13)8-6-4-7-10(14-2)11(8)12/h4,6-7H,3,5H2,1-2H3. The second-order valence-electron chi connectivity index (χ2n) is 3.09. The van der Waals surface area contributed by atoms with Crippen molar-refractivity contribution in [2.24, 2.45) is 0 Å². The lowest BCUT2D eigenvalue weighted by Gasteiger charge is -2.09. The summed E-state index contributed by atoms with van der Waals surface area (Å²) >= 11 is 0. The predicted octanol–water partition coefficient (Wildman–Crippen LogP) is 1.47. The van der Waals surface area contributed by atoms with E-state index in [1.165, 1.54) is 0 Å². The van der Waals surface area contributed by atoms with E-state index in [4.69, 9.17) is 12.6 Å². The van der Waals surface area contributed by atoms with E-state index >= 15 is 0 Å². The van der Waals surface area contributed by atoms with Gasteiger partial charge in [-0.2, -0.15) is 0 Å². The number of methoxy groups -OCH3 is 1. The van der Waals surface area contributed by atoms with Crippen molar-refractivity contribution >= 4 is 19.1 Å². The zero-order valence-electron chi connectivity index (χ0n) is 8.54. The quantitative estimate of drug-likeness (QED) is 0.528. The molecule has 0 spiro atoms. The number of carbonyl (C=O) groups is 1. The van der Waals surface area contributed by atoms with Crippen LogP contribution in [0, 0.1) is 0 Å². The number of hydrogen-bond acceptors (Lipinski definition) is 2. The second kappa shape index (κ2) is 4.84. The number of benzene rings is 1. The molecule has 0 fully saturated rings. The summed E-state index contributed by atoms with van der Waals surface area (Å²) in [5, 5.41) is 0. The van der Waals surface area contributed by atoms with Crippen molar-refractivity contribution in [3.63, 3.8) is 0 Å². The molecule has 3 heteroatoms. The summed E-state index contributed by atoms with van der Waals surface area (Å²) in [6.07, 6.45) is 1.35. The smallest absolute Gasteiger partial charge is 0.162 e. The lowest BCUT2D eigenvalue weighted by Crippen LogP contribution is -2.17. The molecule has 0 unspecified atom stereocenters. The Morgan fingerprint density at radius 2 is 2.21 bits per heavy atom. The van der Waals surface area contributed by atoms with Crippen LogP contribution in [-0.4, -0.2) is 20.7 Å². The fourth-order valence-electron chi connectivity index (χ4n) is 1.33. The third-order valence-corrected chi connectivity index (χ3v) is 2.06. The van der Waals surface area contributed by atoms with E-state index in [0.29, 0.717) is 23.2 Å². The van der Waals surface area contributed by atoms with Crippen molar-refractivity contribution in [3.05, 3.63) is 23.8 Å². The Hall–Kier alpha value is -1.25. The Labute approximate surface area is 85.7 Å². The third kappa shape index (κ3) is 2.16. The summed E-state index contributed by atoms with van der Waals surface area (Å²) in [4.78, 5) is 11.6. The summed E-state index contributed by atoms with van der Waals surface area (Å²) < 4.78 is 5.04. The Kier molecular flexibility index (Phi) is 3.75. The van der Waals surface area contributed by atoms with Gasteiger partial charge >= 0.3 is 0 Å². The Morgan fingerprint density at radius 1 is 1.50 bits per heavy atom. The zero-order chi connectivity index (χ0) is 10.6. The molecule has 1 aromatic rings. The average Bonchev–Trinajstić information content (AvgIpc) is 2.18. The van der Waals surface area contributed by atoms with Gasteiger partial charge in [-0.3, -0.25) is 4.79 Å². The molecule has 0 aliphatic rings. The highest BCUT2D eigenvalue weighted by atomic mass is 16.5. The zero-order valence-corrected chi connectivity index (χ0v) is 8.54. The van der Waals surface area contributed by atoms with Crippen molar-refractivity contribution in [1.82, 2.24) is 0 Å². The van der Waals surface area contributed by atoms with Crippen LogP contribution >= 0.6 is 0 Å². The predicted molar refractivity (Wildman–Crippen MR) is 57.6 cm³/mol. The second-order valence-corrected chi connectivity index (χ2v) is 3.09. The molecular formula is C11H13BO2.